The molecule has 4 rings (SSSR count). The van der Waals surface area contributed by atoms with Gasteiger partial charge in [0.05, 0.1) is 35.3 Å². The van der Waals surface area contributed by atoms with E-state index in [2.05, 4.69) is 22.9 Å². The highest BCUT2D eigenvalue weighted by Gasteiger charge is 2.20. The van der Waals surface area contributed by atoms with E-state index in [4.69, 9.17) is 19.9 Å². The van der Waals surface area contributed by atoms with Crippen LogP contribution in [0.5, 0.6) is 0 Å². The molecule has 0 bridgehead atoms. The van der Waals surface area contributed by atoms with Crippen molar-refractivity contribution >= 4 is 17.0 Å². The molecule has 1 aliphatic carbocycles. The second-order valence-corrected chi connectivity index (χ2v) is 7.50. The predicted molar refractivity (Wildman–Crippen MR) is 97.8 cm³/mol. The van der Waals surface area contributed by atoms with Crippen LogP contribution in [-0.2, 0) is 20.6 Å². The van der Waals surface area contributed by atoms with E-state index in [9.17, 15) is 0 Å². The first-order chi connectivity index (χ1) is 12.3. The molecule has 1 atom stereocenters. The summed E-state index contributed by atoms with van der Waals surface area (Å²) >= 11 is 1.70. The average Bonchev–Trinajstić information content (AvgIpc) is 3.37. The van der Waals surface area contributed by atoms with E-state index in [1.165, 1.54) is 18.4 Å². The average molecular weight is 358 g/mol. The first-order valence-electron chi connectivity index (χ1n) is 8.76. The van der Waals surface area contributed by atoms with Crippen molar-refractivity contribution in [3.8, 4) is 11.8 Å². The molecule has 0 amide bonds. The Balaban J connectivity index is 1.42. The Morgan fingerprint density at radius 2 is 2.36 bits per heavy atom. The summed E-state index contributed by atoms with van der Waals surface area (Å²) in [6.07, 6.45) is 5.21. The fourth-order valence-corrected chi connectivity index (χ4v) is 3.82. The van der Waals surface area contributed by atoms with Gasteiger partial charge in [-0.2, -0.15) is 0 Å². The van der Waals surface area contributed by atoms with E-state index in [1.54, 1.807) is 11.3 Å². The summed E-state index contributed by atoms with van der Waals surface area (Å²) in [4.78, 5) is 6.89. The molecule has 5 nitrogen and oxygen atoms in total. The number of thiophene rings is 1. The monoisotopic (exact) mass is 358 g/mol. The highest BCUT2D eigenvalue weighted by Crippen LogP contribution is 2.30. The molecule has 25 heavy (non-hydrogen) atoms. The van der Waals surface area contributed by atoms with Crippen molar-refractivity contribution in [1.82, 2.24) is 0 Å². The van der Waals surface area contributed by atoms with Gasteiger partial charge in [-0.3, -0.25) is 4.99 Å². The van der Waals surface area contributed by atoms with Gasteiger partial charge >= 0.3 is 0 Å². The SMILES string of the molecule is NC(=CC1=NCCc2cc(C#CC3CC3)sc21)OCC1COCCO1. The van der Waals surface area contributed by atoms with Crippen LogP contribution in [-0.4, -0.2) is 44.8 Å². The topological polar surface area (TPSA) is 66.1 Å². The van der Waals surface area contributed by atoms with Gasteiger partial charge in [0.25, 0.3) is 0 Å². The molecular weight excluding hydrogens is 336 g/mol. The molecule has 2 N–H and O–H groups in total. The number of ether oxygens (including phenoxy) is 3. The highest BCUT2D eigenvalue weighted by molar-refractivity contribution is 7.15. The van der Waals surface area contributed by atoms with Gasteiger partial charge < -0.3 is 19.9 Å². The molecule has 1 saturated heterocycles. The van der Waals surface area contributed by atoms with Crippen LogP contribution < -0.4 is 5.73 Å². The second-order valence-electron chi connectivity index (χ2n) is 6.45. The number of nitrogens with two attached hydrogens (primary N) is 1. The largest absolute Gasteiger partial charge is 0.476 e. The summed E-state index contributed by atoms with van der Waals surface area (Å²) in [6.45, 7) is 2.97. The van der Waals surface area contributed by atoms with Crippen LogP contribution in [0.25, 0.3) is 0 Å². The van der Waals surface area contributed by atoms with Crippen molar-refractivity contribution in [3.05, 3.63) is 33.3 Å². The minimum Gasteiger partial charge on any atom is -0.476 e. The van der Waals surface area contributed by atoms with Crippen molar-refractivity contribution < 1.29 is 14.2 Å². The van der Waals surface area contributed by atoms with E-state index < -0.39 is 0 Å². The molecule has 6 heteroatoms. The summed E-state index contributed by atoms with van der Waals surface area (Å²) in [7, 11) is 0. The minimum absolute atomic E-state index is 0.0596. The summed E-state index contributed by atoms with van der Waals surface area (Å²) in [5, 5.41) is 0. The third-order valence-electron chi connectivity index (χ3n) is 4.28. The number of hydrogen-bond donors (Lipinski definition) is 1. The Kier molecular flexibility index (Phi) is 5.07. The molecule has 2 aliphatic heterocycles. The number of hydrogen-bond acceptors (Lipinski definition) is 6. The predicted octanol–water partition coefficient (Wildman–Crippen LogP) is 2.09. The molecule has 132 valence electrons. The highest BCUT2D eigenvalue weighted by atomic mass is 32.1. The summed E-state index contributed by atoms with van der Waals surface area (Å²) in [5.74, 6) is 7.60. The summed E-state index contributed by atoms with van der Waals surface area (Å²) in [5.41, 5.74) is 8.23. The fraction of sp³-hybridized carbons (Fsp3) is 0.526. The van der Waals surface area contributed by atoms with Gasteiger partial charge in [0.1, 0.15) is 12.7 Å². The van der Waals surface area contributed by atoms with Crippen molar-refractivity contribution in [2.24, 2.45) is 16.6 Å². The Hall–Kier alpha value is -1.81. The first kappa shape index (κ1) is 16.6. The molecule has 1 aromatic rings. The van der Waals surface area contributed by atoms with Crippen molar-refractivity contribution in [2.75, 3.05) is 33.0 Å². The van der Waals surface area contributed by atoms with Gasteiger partial charge in [-0.25, -0.2) is 0 Å². The van der Waals surface area contributed by atoms with Crippen LogP contribution in [0.1, 0.15) is 28.2 Å². The maximum absolute atomic E-state index is 6.03. The van der Waals surface area contributed by atoms with Crippen molar-refractivity contribution in [3.63, 3.8) is 0 Å². The molecule has 1 aromatic heterocycles. The lowest BCUT2D eigenvalue weighted by molar-refractivity contribution is -0.108. The maximum Gasteiger partial charge on any atom is 0.186 e. The molecule has 2 fully saturated rings. The smallest absolute Gasteiger partial charge is 0.186 e. The second kappa shape index (κ2) is 7.61. The van der Waals surface area contributed by atoms with Crippen LogP contribution in [0, 0.1) is 17.8 Å². The van der Waals surface area contributed by atoms with E-state index in [0.29, 0.717) is 38.2 Å². The zero-order chi connectivity index (χ0) is 17.1. The van der Waals surface area contributed by atoms with Gasteiger partial charge in [-0.15, -0.1) is 11.3 Å². The van der Waals surface area contributed by atoms with Gasteiger partial charge in [0.2, 0.25) is 0 Å². The van der Waals surface area contributed by atoms with Gasteiger partial charge in [-0.1, -0.05) is 11.8 Å². The van der Waals surface area contributed by atoms with Crippen LogP contribution in [0.4, 0.5) is 0 Å². The maximum atomic E-state index is 6.03. The van der Waals surface area contributed by atoms with Crippen LogP contribution >= 0.6 is 11.3 Å². The number of rotatable bonds is 4. The van der Waals surface area contributed by atoms with E-state index in [-0.39, 0.29) is 6.10 Å². The number of nitrogens with zero attached hydrogens (tertiary/aromatic N) is 1. The fourth-order valence-electron chi connectivity index (χ4n) is 2.77. The molecule has 0 spiro atoms. The first-order valence-corrected chi connectivity index (χ1v) is 9.58. The van der Waals surface area contributed by atoms with Crippen LogP contribution in [0.3, 0.4) is 0 Å². The summed E-state index contributed by atoms with van der Waals surface area (Å²) in [6, 6.07) is 2.20. The Labute approximate surface area is 151 Å². The third kappa shape index (κ3) is 4.43. The quantitative estimate of drug-likeness (QED) is 0.661. The molecule has 1 saturated carbocycles. The van der Waals surface area contributed by atoms with Crippen LogP contribution in [0.15, 0.2) is 23.0 Å². The molecule has 0 radical (unpaired) electrons. The normalized spacial score (nSPS) is 23.3. The standard InChI is InChI=1S/C19H22N2O3S/c20-18(24-12-15-11-22-7-8-23-15)10-17-19-14(5-6-21-17)9-16(25-19)4-3-13-1-2-13/h9-10,13,15H,1-2,5-8,11-12,20H2. The lowest BCUT2D eigenvalue weighted by Gasteiger charge is -2.23. The zero-order valence-corrected chi connectivity index (χ0v) is 14.9. The van der Waals surface area contributed by atoms with Crippen molar-refractivity contribution in [1.29, 1.82) is 0 Å². The molecule has 3 heterocycles. The minimum atomic E-state index is -0.0596. The van der Waals surface area contributed by atoms with Gasteiger partial charge in [0, 0.05) is 18.5 Å². The molecule has 3 aliphatic rings. The van der Waals surface area contributed by atoms with E-state index in [0.717, 1.165) is 28.4 Å². The molecule has 1 unspecified atom stereocenters. The van der Waals surface area contributed by atoms with E-state index >= 15 is 0 Å². The molecule has 0 aromatic carbocycles. The lowest BCUT2D eigenvalue weighted by atomic mass is 10.1. The number of aliphatic imine (C=N–C) groups is 1. The Morgan fingerprint density at radius 3 is 3.16 bits per heavy atom. The number of allylic oxidation sites excluding steroid dienone is 1. The third-order valence-corrected chi connectivity index (χ3v) is 5.40. The summed E-state index contributed by atoms with van der Waals surface area (Å²) < 4.78 is 16.5. The van der Waals surface area contributed by atoms with E-state index in [1.807, 2.05) is 6.08 Å². The zero-order valence-electron chi connectivity index (χ0n) is 14.1. The Morgan fingerprint density at radius 1 is 1.44 bits per heavy atom. The number of fused-ring (bicyclic) bond motifs is 1. The van der Waals surface area contributed by atoms with Gasteiger partial charge in [0.15, 0.2) is 5.88 Å². The Bertz CT molecular complexity index is 746. The van der Waals surface area contributed by atoms with Gasteiger partial charge in [-0.05, 0) is 30.9 Å². The van der Waals surface area contributed by atoms with Crippen LogP contribution in [0.2, 0.25) is 0 Å². The molecular formula is C19H22N2O3S. The van der Waals surface area contributed by atoms with Crippen molar-refractivity contribution in [2.45, 2.75) is 25.4 Å². The lowest BCUT2D eigenvalue weighted by Crippen LogP contribution is -2.32.